The number of anilines is 1. The van der Waals surface area contributed by atoms with Gasteiger partial charge in [-0.3, -0.25) is 9.52 Å². The Bertz CT molecular complexity index is 685. The van der Waals surface area contributed by atoms with Gasteiger partial charge in [0.25, 0.3) is 0 Å². The van der Waals surface area contributed by atoms with Crippen molar-refractivity contribution in [2.75, 3.05) is 18.4 Å². The van der Waals surface area contributed by atoms with Crippen molar-refractivity contribution in [2.45, 2.75) is 19.1 Å². The summed E-state index contributed by atoms with van der Waals surface area (Å²) in [6.45, 7) is 2.78. The topological polar surface area (TPSA) is 92.7 Å². The largest absolute Gasteiger partial charge is 0.468 e. The molecule has 0 fully saturated rings. The van der Waals surface area contributed by atoms with Crippen LogP contribution in [0.5, 0.6) is 0 Å². The van der Waals surface area contributed by atoms with E-state index in [2.05, 4.69) is 21.3 Å². The van der Waals surface area contributed by atoms with Crippen LogP contribution in [0.2, 0.25) is 0 Å². The van der Waals surface area contributed by atoms with Crippen LogP contribution in [0.4, 0.5) is 5.69 Å². The van der Waals surface area contributed by atoms with Crippen molar-refractivity contribution in [1.29, 1.82) is 0 Å². The molecule has 0 saturated carbocycles. The Morgan fingerprint density at radius 3 is 2.71 bits per heavy atom. The minimum atomic E-state index is -3.90. The zero-order chi connectivity index (χ0) is 16.0. The van der Waals surface area contributed by atoms with Gasteiger partial charge in [-0.15, -0.1) is 0 Å². The Hall–Kier alpha value is -2.04. The van der Waals surface area contributed by atoms with Crippen LogP contribution >= 0.6 is 0 Å². The van der Waals surface area contributed by atoms with E-state index in [1.165, 1.54) is 6.92 Å². The summed E-state index contributed by atoms with van der Waals surface area (Å²) in [6, 6.07) is 4.81. The minimum Gasteiger partial charge on any atom is -0.468 e. The van der Waals surface area contributed by atoms with Gasteiger partial charge in [0.15, 0.2) is 5.25 Å². The van der Waals surface area contributed by atoms with E-state index in [0.29, 0.717) is 11.3 Å². The molecule has 0 aliphatic rings. The van der Waals surface area contributed by atoms with E-state index in [-0.39, 0.29) is 6.61 Å². The average Bonchev–Trinajstić information content (AvgIpc) is 2.45. The molecular formula is C14H17NO5S. The highest BCUT2D eigenvalue weighted by Gasteiger charge is 2.28. The molecule has 0 spiro atoms. The zero-order valence-electron chi connectivity index (χ0n) is 12.0. The second-order valence-corrected chi connectivity index (χ2v) is 6.30. The van der Waals surface area contributed by atoms with E-state index in [1.54, 1.807) is 18.2 Å². The van der Waals surface area contributed by atoms with E-state index in [4.69, 9.17) is 5.11 Å². The predicted molar refractivity (Wildman–Crippen MR) is 79.2 cm³/mol. The van der Waals surface area contributed by atoms with Gasteiger partial charge >= 0.3 is 5.97 Å². The molecule has 1 rings (SSSR count). The molecule has 1 aromatic rings. The molecule has 0 amide bonds. The van der Waals surface area contributed by atoms with Gasteiger partial charge in [0.2, 0.25) is 10.0 Å². The number of hydrogen-bond donors (Lipinski definition) is 2. The molecule has 1 unspecified atom stereocenters. The quantitative estimate of drug-likeness (QED) is 0.629. The summed E-state index contributed by atoms with van der Waals surface area (Å²) in [5.41, 5.74) is 1.73. The van der Waals surface area contributed by atoms with Gasteiger partial charge in [-0.1, -0.05) is 17.9 Å². The normalized spacial score (nSPS) is 12.0. The maximum Gasteiger partial charge on any atom is 0.325 e. The molecule has 0 aromatic heterocycles. The number of aryl methyl sites for hydroxylation is 1. The Morgan fingerprint density at radius 1 is 1.48 bits per heavy atom. The number of methoxy groups -OCH3 is 1. The Kier molecular flexibility index (Phi) is 5.76. The first-order valence-electron chi connectivity index (χ1n) is 6.11. The molecule has 0 heterocycles. The van der Waals surface area contributed by atoms with Crippen LogP contribution in [0.25, 0.3) is 0 Å². The number of aliphatic hydroxyl groups is 1. The number of esters is 1. The lowest BCUT2D eigenvalue weighted by Crippen LogP contribution is -2.33. The SMILES string of the molecule is COC(=O)C(C)S(=O)(=O)Nc1ccc(C)c(C#CCO)c1. The minimum absolute atomic E-state index is 0.283. The van der Waals surface area contributed by atoms with Crippen LogP contribution in [0.3, 0.4) is 0 Å². The molecule has 0 saturated heterocycles. The highest BCUT2D eigenvalue weighted by Crippen LogP contribution is 2.17. The van der Waals surface area contributed by atoms with Crippen molar-refractivity contribution < 1.29 is 23.1 Å². The van der Waals surface area contributed by atoms with E-state index >= 15 is 0 Å². The third kappa shape index (κ3) is 4.48. The summed E-state index contributed by atoms with van der Waals surface area (Å²) in [5, 5.41) is 7.38. The Labute approximate surface area is 124 Å². The molecule has 114 valence electrons. The van der Waals surface area contributed by atoms with E-state index in [1.807, 2.05) is 6.92 Å². The summed E-state index contributed by atoms with van der Waals surface area (Å²) >= 11 is 0. The first-order chi connectivity index (χ1) is 9.81. The highest BCUT2D eigenvalue weighted by molar-refractivity contribution is 7.94. The van der Waals surface area contributed by atoms with Crippen LogP contribution in [0, 0.1) is 18.8 Å². The van der Waals surface area contributed by atoms with E-state index in [0.717, 1.165) is 12.7 Å². The molecular weight excluding hydrogens is 294 g/mol. The summed E-state index contributed by atoms with van der Waals surface area (Å²) in [5.74, 6) is 4.39. The number of ether oxygens (including phenoxy) is 1. The van der Waals surface area contributed by atoms with Gasteiger partial charge in [0, 0.05) is 11.3 Å². The third-order valence-corrected chi connectivity index (χ3v) is 4.44. The summed E-state index contributed by atoms with van der Waals surface area (Å²) in [6.07, 6.45) is 0. The van der Waals surface area contributed by atoms with Crippen molar-refractivity contribution in [3.63, 3.8) is 0 Å². The second-order valence-electron chi connectivity index (χ2n) is 4.30. The van der Waals surface area contributed by atoms with Crippen LogP contribution in [0.1, 0.15) is 18.1 Å². The van der Waals surface area contributed by atoms with Gasteiger partial charge in [-0.05, 0) is 31.5 Å². The standard InChI is InChI=1S/C14H17NO5S/c1-10-6-7-13(9-12(10)5-4-8-16)15-21(18,19)11(2)14(17)20-3/h6-7,9,11,15-16H,8H2,1-3H3. The monoisotopic (exact) mass is 311 g/mol. The van der Waals surface area contributed by atoms with Crippen molar-refractivity contribution >= 4 is 21.7 Å². The molecule has 2 N–H and O–H groups in total. The molecule has 1 atom stereocenters. The summed E-state index contributed by atoms with van der Waals surface area (Å²) in [4.78, 5) is 11.3. The zero-order valence-corrected chi connectivity index (χ0v) is 12.8. The lowest BCUT2D eigenvalue weighted by atomic mass is 10.1. The number of benzene rings is 1. The first-order valence-corrected chi connectivity index (χ1v) is 7.66. The molecule has 0 aliphatic heterocycles. The first kappa shape index (κ1) is 17.0. The van der Waals surface area contributed by atoms with Crippen molar-refractivity contribution in [1.82, 2.24) is 0 Å². The Morgan fingerprint density at radius 2 is 2.14 bits per heavy atom. The molecule has 0 radical (unpaired) electrons. The Balaban J connectivity index is 3.06. The molecule has 21 heavy (non-hydrogen) atoms. The van der Waals surface area contributed by atoms with Crippen LogP contribution < -0.4 is 4.72 Å². The highest BCUT2D eigenvalue weighted by atomic mass is 32.2. The number of carbonyl (C=O) groups excluding carboxylic acids is 1. The lowest BCUT2D eigenvalue weighted by molar-refractivity contribution is -0.139. The number of rotatable bonds is 4. The van der Waals surface area contributed by atoms with Crippen molar-refractivity contribution in [2.24, 2.45) is 0 Å². The number of aliphatic hydroxyl groups excluding tert-OH is 1. The van der Waals surface area contributed by atoms with Gasteiger partial charge in [0.1, 0.15) is 6.61 Å². The van der Waals surface area contributed by atoms with Gasteiger partial charge in [-0.2, -0.15) is 0 Å². The number of sulfonamides is 1. The molecule has 6 nitrogen and oxygen atoms in total. The maximum atomic E-state index is 12.0. The van der Waals surface area contributed by atoms with Gasteiger partial charge < -0.3 is 9.84 Å². The van der Waals surface area contributed by atoms with E-state index in [9.17, 15) is 13.2 Å². The fraction of sp³-hybridized carbons (Fsp3) is 0.357. The summed E-state index contributed by atoms with van der Waals surface area (Å²) < 4.78 is 30.8. The number of carbonyl (C=O) groups is 1. The smallest absolute Gasteiger partial charge is 0.325 e. The molecule has 7 heteroatoms. The average molecular weight is 311 g/mol. The third-order valence-electron chi connectivity index (χ3n) is 2.80. The van der Waals surface area contributed by atoms with Crippen molar-refractivity contribution in [3.05, 3.63) is 29.3 Å². The van der Waals surface area contributed by atoms with Gasteiger partial charge in [-0.25, -0.2) is 8.42 Å². The van der Waals surface area contributed by atoms with Crippen LogP contribution in [-0.2, 0) is 19.6 Å². The molecule has 0 bridgehead atoms. The lowest BCUT2D eigenvalue weighted by Gasteiger charge is -2.13. The number of nitrogens with one attached hydrogen (secondary N) is 1. The van der Waals surface area contributed by atoms with Crippen molar-refractivity contribution in [3.8, 4) is 11.8 Å². The maximum absolute atomic E-state index is 12.0. The fourth-order valence-corrected chi connectivity index (χ4v) is 2.48. The van der Waals surface area contributed by atoms with E-state index < -0.39 is 21.2 Å². The van der Waals surface area contributed by atoms with Crippen LogP contribution in [0.15, 0.2) is 18.2 Å². The second kappa shape index (κ2) is 7.11. The fourth-order valence-electron chi connectivity index (χ4n) is 1.50. The summed E-state index contributed by atoms with van der Waals surface area (Å²) in [7, 11) is -2.77. The number of hydrogen-bond acceptors (Lipinski definition) is 5. The van der Waals surface area contributed by atoms with Gasteiger partial charge in [0.05, 0.1) is 7.11 Å². The molecule has 1 aromatic carbocycles. The van der Waals surface area contributed by atoms with Crippen LogP contribution in [-0.4, -0.2) is 38.5 Å². The predicted octanol–water partition coefficient (Wildman–Crippen LogP) is 0.642. The molecule has 0 aliphatic carbocycles.